The molecule has 0 N–H and O–H groups in total. The Labute approximate surface area is 112 Å². The van der Waals surface area contributed by atoms with Crippen molar-refractivity contribution < 1.29 is 0 Å². The molecule has 3 rings (SSSR count). The number of fused-ring (bicyclic) bond motifs is 1. The minimum atomic E-state index is 0.435. The molecule has 0 unspecified atom stereocenters. The molecule has 3 nitrogen and oxygen atoms in total. The molecule has 0 saturated carbocycles. The fraction of sp³-hybridized carbons (Fsp3) is 0.250. The maximum absolute atomic E-state index is 4.61. The van der Waals surface area contributed by atoms with Gasteiger partial charge in [0, 0.05) is 6.20 Å². The molecular formula is C16H17N3. The fourth-order valence-electron chi connectivity index (χ4n) is 2.46. The van der Waals surface area contributed by atoms with Gasteiger partial charge in [0.1, 0.15) is 11.6 Å². The van der Waals surface area contributed by atoms with Crippen molar-refractivity contribution in [1.82, 2.24) is 14.5 Å². The maximum atomic E-state index is 4.61. The van der Waals surface area contributed by atoms with Crippen molar-refractivity contribution in [1.29, 1.82) is 0 Å². The van der Waals surface area contributed by atoms with Crippen LogP contribution in [0.2, 0.25) is 0 Å². The zero-order valence-electron chi connectivity index (χ0n) is 11.5. The van der Waals surface area contributed by atoms with Crippen molar-refractivity contribution >= 4 is 11.0 Å². The summed E-state index contributed by atoms with van der Waals surface area (Å²) in [5, 5.41) is 0. The lowest BCUT2D eigenvalue weighted by molar-refractivity contribution is 0.825. The summed E-state index contributed by atoms with van der Waals surface area (Å²) in [6, 6.07) is 12.3. The average Bonchev–Trinajstić information content (AvgIpc) is 2.74. The topological polar surface area (TPSA) is 30.7 Å². The van der Waals surface area contributed by atoms with Crippen LogP contribution in [-0.4, -0.2) is 14.5 Å². The van der Waals surface area contributed by atoms with Crippen LogP contribution in [0.4, 0.5) is 0 Å². The lowest BCUT2D eigenvalue weighted by atomic mass is 10.0. The van der Waals surface area contributed by atoms with Crippen LogP contribution in [0, 0.1) is 6.92 Å². The first kappa shape index (κ1) is 11.9. The fourth-order valence-corrected chi connectivity index (χ4v) is 2.46. The minimum Gasteiger partial charge on any atom is -0.280 e. The molecule has 2 aromatic heterocycles. The van der Waals surface area contributed by atoms with E-state index in [2.05, 4.69) is 40.5 Å². The Kier molecular flexibility index (Phi) is 2.82. The second-order valence-corrected chi connectivity index (χ2v) is 5.05. The highest BCUT2D eigenvalue weighted by Gasteiger charge is 2.14. The highest BCUT2D eigenvalue weighted by Crippen LogP contribution is 2.25. The van der Waals surface area contributed by atoms with Gasteiger partial charge in [-0.2, -0.15) is 0 Å². The third-order valence-electron chi connectivity index (χ3n) is 3.38. The molecule has 0 spiro atoms. The van der Waals surface area contributed by atoms with Crippen molar-refractivity contribution in [3.8, 4) is 5.82 Å². The third kappa shape index (κ3) is 1.91. The SMILES string of the molecule is Cc1nc2ccccc2n1-c1ncccc1C(C)C. The number of aromatic nitrogens is 3. The summed E-state index contributed by atoms with van der Waals surface area (Å²) in [7, 11) is 0. The summed E-state index contributed by atoms with van der Waals surface area (Å²) in [5.41, 5.74) is 3.37. The number of pyridine rings is 1. The molecule has 0 radical (unpaired) electrons. The Balaban J connectivity index is 2.33. The molecule has 2 heterocycles. The van der Waals surface area contributed by atoms with Crippen LogP contribution >= 0.6 is 0 Å². The molecule has 3 heteroatoms. The molecule has 0 fully saturated rings. The molecule has 0 saturated heterocycles. The molecule has 3 aromatic rings. The first-order chi connectivity index (χ1) is 9.18. The van der Waals surface area contributed by atoms with E-state index in [1.165, 1.54) is 5.56 Å². The van der Waals surface area contributed by atoms with Crippen molar-refractivity contribution in [3.05, 3.63) is 54.0 Å². The quantitative estimate of drug-likeness (QED) is 0.692. The monoisotopic (exact) mass is 251 g/mol. The third-order valence-corrected chi connectivity index (χ3v) is 3.38. The van der Waals surface area contributed by atoms with Crippen molar-refractivity contribution in [2.75, 3.05) is 0 Å². The van der Waals surface area contributed by atoms with Gasteiger partial charge in [0.2, 0.25) is 0 Å². The van der Waals surface area contributed by atoms with Gasteiger partial charge in [-0.25, -0.2) is 9.97 Å². The van der Waals surface area contributed by atoms with E-state index in [0.717, 1.165) is 22.7 Å². The predicted octanol–water partition coefficient (Wildman–Crippen LogP) is 3.85. The van der Waals surface area contributed by atoms with Crippen LogP contribution in [-0.2, 0) is 0 Å². The Bertz CT molecular complexity index is 726. The van der Waals surface area contributed by atoms with Gasteiger partial charge >= 0.3 is 0 Å². The van der Waals surface area contributed by atoms with Gasteiger partial charge in [0.05, 0.1) is 11.0 Å². The zero-order valence-corrected chi connectivity index (χ0v) is 11.5. The zero-order chi connectivity index (χ0) is 13.4. The number of nitrogens with zero attached hydrogens (tertiary/aromatic N) is 3. The van der Waals surface area contributed by atoms with E-state index in [1.54, 1.807) is 0 Å². The first-order valence-corrected chi connectivity index (χ1v) is 6.58. The van der Waals surface area contributed by atoms with Gasteiger partial charge in [-0.05, 0) is 36.6 Å². The molecule has 0 bridgehead atoms. The summed E-state index contributed by atoms with van der Waals surface area (Å²) in [6.07, 6.45) is 1.84. The van der Waals surface area contributed by atoms with Gasteiger partial charge in [-0.3, -0.25) is 4.57 Å². The molecule has 0 aliphatic heterocycles. The molecule has 0 aliphatic rings. The predicted molar refractivity (Wildman–Crippen MR) is 77.7 cm³/mol. The Morgan fingerprint density at radius 2 is 1.84 bits per heavy atom. The van der Waals surface area contributed by atoms with E-state index in [1.807, 2.05) is 37.4 Å². The van der Waals surface area contributed by atoms with E-state index >= 15 is 0 Å². The van der Waals surface area contributed by atoms with Gasteiger partial charge in [0.15, 0.2) is 0 Å². The maximum Gasteiger partial charge on any atom is 0.141 e. The van der Waals surface area contributed by atoms with Crippen LogP contribution in [0.25, 0.3) is 16.9 Å². The number of benzene rings is 1. The Hall–Kier alpha value is -2.16. The van der Waals surface area contributed by atoms with Crippen LogP contribution in [0.3, 0.4) is 0 Å². The average molecular weight is 251 g/mol. The normalized spacial score (nSPS) is 11.4. The summed E-state index contributed by atoms with van der Waals surface area (Å²) in [6.45, 7) is 6.41. The van der Waals surface area contributed by atoms with E-state index < -0.39 is 0 Å². The van der Waals surface area contributed by atoms with Crippen molar-refractivity contribution in [3.63, 3.8) is 0 Å². The lowest BCUT2D eigenvalue weighted by Gasteiger charge is -2.13. The van der Waals surface area contributed by atoms with Crippen molar-refractivity contribution in [2.45, 2.75) is 26.7 Å². The minimum absolute atomic E-state index is 0.435. The van der Waals surface area contributed by atoms with Crippen LogP contribution in [0.1, 0.15) is 31.2 Å². The number of hydrogen-bond acceptors (Lipinski definition) is 2. The standard InChI is InChI=1S/C16H17N3/c1-11(2)13-7-6-10-17-16(13)19-12(3)18-14-8-4-5-9-15(14)19/h4-11H,1-3H3. The number of para-hydroxylation sites is 2. The molecule has 1 aromatic carbocycles. The Morgan fingerprint density at radius 3 is 2.63 bits per heavy atom. The van der Waals surface area contributed by atoms with Crippen molar-refractivity contribution in [2.24, 2.45) is 0 Å². The van der Waals surface area contributed by atoms with E-state index in [0.29, 0.717) is 5.92 Å². The summed E-state index contributed by atoms with van der Waals surface area (Å²) >= 11 is 0. The molecule has 0 amide bonds. The van der Waals surface area contributed by atoms with Gasteiger partial charge in [-0.1, -0.05) is 32.0 Å². The number of imidazole rings is 1. The Morgan fingerprint density at radius 1 is 1.05 bits per heavy atom. The summed E-state index contributed by atoms with van der Waals surface area (Å²) < 4.78 is 2.14. The van der Waals surface area contributed by atoms with E-state index in [-0.39, 0.29) is 0 Å². The largest absolute Gasteiger partial charge is 0.280 e. The molecule has 19 heavy (non-hydrogen) atoms. The second-order valence-electron chi connectivity index (χ2n) is 5.05. The molecule has 0 atom stereocenters. The van der Waals surface area contributed by atoms with Gasteiger partial charge in [0.25, 0.3) is 0 Å². The number of aryl methyl sites for hydroxylation is 1. The molecule has 96 valence electrons. The lowest BCUT2D eigenvalue weighted by Crippen LogP contribution is -2.05. The van der Waals surface area contributed by atoms with E-state index in [9.17, 15) is 0 Å². The summed E-state index contributed by atoms with van der Waals surface area (Å²) in [4.78, 5) is 9.19. The second kappa shape index (κ2) is 4.50. The van der Waals surface area contributed by atoms with E-state index in [4.69, 9.17) is 0 Å². The van der Waals surface area contributed by atoms with Crippen LogP contribution in [0.15, 0.2) is 42.6 Å². The number of rotatable bonds is 2. The number of hydrogen-bond donors (Lipinski definition) is 0. The van der Waals surface area contributed by atoms with Gasteiger partial charge < -0.3 is 0 Å². The highest BCUT2D eigenvalue weighted by atomic mass is 15.1. The van der Waals surface area contributed by atoms with Gasteiger partial charge in [-0.15, -0.1) is 0 Å². The first-order valence-electron chi connectivity index (χ1n) is 6.58. The summed E-state index contributed by atoms with van der Waals surface area (Å²) in [5.74, 6) is 2.40. The molecule has 0 aliphatic carbocycles. The van der Waals surface area contributed by atoms with Crippen LogP contribution in [0.5, 0.6) is 0 Å². The smallest absolute Gasteiger partial charge is 0.141 e. The van der Waals surface area contributed by atoms with Crippen LogP contribution < -0.4 is 0 Å². The highest BCUT2D eigenvalue weighted by molar-refractivity contribution is 5.78. The molecular weight excluding hydrogens is 234 g/mol.